The molecule has 3 aromatic carbocycles. The maximum absolute atomic E-state index is 11.9. The first-order valence-corrected chi connectivity index (χ1v) is 10.2. The van der Waals surface area contributed by atoms with Crippen LogP contribution in [0.5, 0.6) is 5.75 Å². The summed E-state index contributed by atoms with van der Waals surface area (Å²) in [6, 6.07) is 21.3. The lowest BCUT2D eigenvalue weighted by Gasteiger charge is -2.12. The molecule has 0 spiro atoms. The molecular formula is C23H22O4S. The summed E-state index contributed by atoms with van der Waals surface area (Å²) in [4.78, 5) is 11.1. The molecule has 0 saturated heterocycles. The number of aryl methyl sites for hydroxylation is 2. The number of aliphatic carboxylic acids is 1. The molecular weight excluding hydrogens is 372 g/mol. The van der Waals surface area contributed by atoms with Gasteiger partial charge in [0.05, 0.1) is 10.8 Å². The summed E-state index contributed by atoms with van der Waals surface area (Å²) >= 11 is 0. The highest BCUT2D eigenvalue weighted by Crippen LogP contribution is 2.28. The lowest BCUT2D eigenvalue weighted by atomic mass is 9.95. The van der Waals surface area contributed by atoms with Crippen molar-refractivity contribution in [1.29, 1.82) is 0 Å². The Morgan fingerprint density at radius 3 is 2.25 bits per heavy atom. The summed E-state index contributed by atoms with van der Waals surface area (Å²) in [5.41, 5.74) is 5.94. The SMILES string of the molecule is Cc1cccc(C)c1-c1cccc(COc2ccc([S@](=O)CC(=O)O)cc2)c1. The zero-order valence-electron chi connectivity index (χ0n) is 15.8. The van der Waals surface area contributed by atoms with E-state index in [-0.39, 0.29) is 0 Å². The van der Waals surface area contributed by atoms with Crippen molar-refractivity contribution in [2.24, 2.45) is 0 Å². The van der Waals surface area contributed by atoms with Crippen LogP contribution in [0.15, 0.2) is 71.6 Å². The monoisotopic (exact) mass is 394 g/mol. The predicted molar refractivity (Wildman–Crippen MR) is 111 cm³/mol. The van der Waals surface area contributed by atoms with Crippen LogP contribution in [-0.2, 0) is 22.2 Å². The summed E-state index contributed by atoms with van der Waals surface area (Å²) in [7, 11) is -1.55. The van der Waals surface area contributed by atoms with E-state index in [0.29, 0.717) is 17.3 Å². The van der Waals surface area contributed by atoms with Gasteiger partial charge >= 0.3 is 5.97 Å². The standard InChI is InChI=1S/C23H22O4S/c1-16-5-3-6-17(2)23(16)19-8-4-7-18(13-19)14-27-20-9-11-21(12-10-20)28(26)15-22(24)25/h3-13H,14-15H2,1-2H3,(H,24,25)/t28-/m1/s1. The molecule has 0 radical (unpaired) electrons. The van der Waals surface area contributed by atoms with Crippen LogP contribution in [0.1, 0.15) is 16.7 Å². The van der Waals surface area contributed by atoms with E-state index >= 15 is 0 Å². The third-order valence-corrected chi connectivity index (χ3v) is 5.75. The fraction of sp³-hybridized carbons (Fsp3) is 0.174. The van der Waals surface area contributed by atoms with Crippen LogP contribution in [0, 0.1) is 13.8 Å². The largest absolute Gasteiger partial charge is 0.489 e. The van der Waals surface area contributed by atoms with Gasteiger partial charge in [-0.25, -0.2) is 0 Å². The van der Waals surface area contributed by atoms with Crippen molar-refractivity contribution in [2.45, 2.75) is 25.3 Å². The third kappa shape index (κ3) is 4.87. The number of rotatable bonds is 7. The van der Waals surface area contributed by atoms with E-state index in [1.165, 1.54) is 16.7 Å². The Morgan fingerprint density at radius 1 is 0.964 bits per heavy atom. The van der Waals surface area contributed by atoms with Gasteiger partial charge < -0.3 is 9.84 Å². The number of hydrogen-bond donors (Lipinski definition) is 1. The first kappa shape index (κ1) is 19.8. The van der Waals surface area contributed by atoms with Gasteiger partial charge in [0, 0.05) is 4.90 Å². The van der Waals surface area contributed by atoms with Crippen molar-refractivity contribution >= 4 is 16.8 Å². The Kier molecular flexibility index (Phi) is 6.26. The highest BCUT2D eigenvalue weighted by molar-refractivity contribution is 7.85. The molecule has 4 nitrogen and oxygen atoms in total. The summed E-state index contributed by atoms with van der Waals surface area (Å²) in [6.45, 7) is 4.64. The predicted octanol–water partition coefficient (Wildman–Crippen LogP) is 4.74. The van der Waals surface area contributed by atoms with E-state index < -0.39 is 22.5 Å². The van der Waals surface area contributed by atoms with Gasteiger partial charge in [-0.2, -0.15) is 0 Å². The number of hydrogen-bond acceptors (Lipinski definition) is 3. The lowest BCUT2D eigenvalue weighted by molar-refractivity contribution is -0.133. The van der Waals surface area contributed by atoms with Crippen LogP contribution in [-0.4, -0.2) is 21.0 Å². The van der Waals surface area contributed by atoms with Crippen molar-refractivity contribution in [3.05, 3.63) is 83.4 Å². The Hall–Kier alpha value is -2.92. The number of carboxylic acid groups (broad SMARTS) is 1. The second-order valence-electron chi connectivity index (χ2n) is 6.61. The second-order valence-corrected chi connectivity index (χ2v) is 8.06. The van der Waals surface area contributed by atoms with Gasteiger partial charge in [-0.05, 0) is 72.0 Å². The van der Waals surface area contributed by atoms with Gasteiger partial charge in [0.2, 0.25) is 0 Å². The normalized spacial score (nSPS) is 11.8. The number of benzene rings is 3. The van der Waals surface area contributed by atoms with Gasteiger partial charge in [-0.15, -0.1) is 0 Å². The highest BCUT2D eigenvalue weighted by atomic mass is 32.2. The Balaban J connectivity index is 1.70. The number of carbonyl (C=O) groups is 1. The molecule has 0 heterocycles. The molecule has 3 aromatic rings. The minimum atomic E-state index is -1.55. The molecule has 3 rings (SSSR count). The minimum Gasteiger partial charge on any atom is -0.489 e. The van der Waals surface area contributed by atoms with Crippen LogP contribution in [0.2, 0.25) is 0 Å². The van der Waals surface area contributed by atoms with Crippen LogP contribution in [0.4, 0.5) is 0 Å². The fourth-order valence-corrected chi connectivity index (χ4v) is 3.97. The summed E-state index contributed by atoms with van der Waals surface area (Å²) in [5.74, 6) is -0.832. The van der Waals surface area contributed by atoms with Crippen molar-refractivity contribution in [2.75, 3.05) is 5.75 Å². The first-order chi connectivity index (χ1) is 13.4. The van der Waals surface area contributed by atoms with Crippen LogP contribution in [0.25, 0.3) is 11.1 Å². The quantitative estimate of drug-likeness (QED) is 0.629. The molecule has 1 N–H and O–H groups in total. The summed E-state index contributed by atoms with van der Waals surface area (Å²) in [6.07, 6.45) is 0. The zero-order valence-corrected chi connectivity index (χ0v) is 16.7. The fourth-order valence-electron chi connectivity index (χ4n) is 3.14. The average molecular weight is 394 g/mol. The molecule has 0 unspecified atom stereocenters. The average Bonchev–Trinajstić information content (AvgIpc) is 2.66. The minimum absolute atomic E-state index is 0.398. The molecule has 0 amide bonds. The Morgan fingerprint density at radius 2 is 1.61 bits per heavy atom. The van der Waals surface area contributed by atoms with Crippen LogP contribution < -0.4 is 4.74 Å². The van der Waals surface area contributed by atoms with Crippen LogP contribution in [0.3, 0.4) is 0 Å². The molecule has 0 aliphatic rings. The number of carboxylic acids is 1. The highest BCUT2D eigenvalue weighted by Gasteiger charge is 2.09. The summed E-state index contributed by atoms with van der Waals surface area (Å²) < 4.78 is 17.7. The molecule has 0 bridgehead atoms. The number of ether oxygens (including phenoxy) is 1. The molecule has 144 valence electrons. The van der Waals surface area contributed by atoms with Gasteiger partial charge in [0.1, 0.15) is 18.1 Å². The molecule has 0 fully saturated rings. The Labute approximate surface area is 167 Å². The topological polar surface area (TPSA) is 63.6 Å². The van der Waals surface area contributed by atoms with Crippen LogP contribution >= 0.6 is 0 Å². The second kappa shape index (κ2) is 8.85. The molecule has 1 atom stereocenters. The van der Waals surface area contributed by atoms with Gasteiger partial charge in [-0.1, -0.05) is 36.4 Å². The van der Waals surface area contributed by atoms with Gasteiger partial charge in [0.25, 0.3) is 0 Å². The zero-order chi connectivity index (χ0) is 20.1. The van der Waals surface area contributed by atoms with E-state index in [1.54, 1.807) is 24.3 Å². The smallest absolute Gasteiger partial charge is 0.316 e. The van der Waals surface area contributed by atoms with Crippen molar-refractivity contribution < 1.29 is 18.8 Å². The molecule has 0 aliphatic carbocycles. The van der Waals surface area contributed by atoms with E-state index in [0.717, 1.165) is 11.1 Å². The maximum Gasteiger partial charge on any atom is 0.316 e. The van der Waals surface area contributed by atoms with E-state index in [1.807, 2.05) is 12.1 Å². The molecule has 0 aliphatic heterocycles. The summed E-state index contributed by atoms with van der Waals surface area (Å²) in [5, 5.41) is 8.73. The van der Waals surface area contributed by atoms with E-state index in [2.05, 4.69) is 44.2 Å². The lowest BCUT2D eigenvalue weighted by Crippen LogP contribution is -2.09. The van der Waals surface area contributed by atoms with Gasteiger partial charge in [-0.3, -0.25) is 9.00 Å². The van der Waals surface area contributed by atoms with Crippen molar-refractivity contribution in [3.63, 3.8) is 0 Å². The molecule has 0 aromatic heterocycles. The van der Waals surface area contributed by atoms with Crippen molar-refractivity contribution in [3.8, 4) is 16.9 Å². The van der Waals surface area contributed by atoms with E-state index in [4.69, 9.17) is 9.84 Å². The first-order valence-electron chi connectivity index (χ1n) is 8.92. The van der Waals surface area contributed by atoms with E-state index in [9.17, 15) is 9.00 Å². The molecule has 0 saturated carbocycles. The van der Waals surface area contributed by atoms with Crippen molar-refractivity contribution in [1.82, 2.24) is 0 Å². The Bertz CT molecular complexity index is 989. The third-order valence-electron chi connectivity index (χ3n) is 4.44. The maximum atomic E-state index is 11.9. The molecule has 5 heteroatoms. The van der Waals surface area contributed by atoms with Gasteiger partial charge in [0.15, 0.2) is 0 Å². The molecule has 28 heavy (non-hydrogen) atoms.